The van der Waals surface area contributed by atoms with Gasteiger partial charge in [-0.2, -0.15) is 13.2 Å². The molecule has 9 nitrogen and oxygen atoms in total. The predicted octanol–water partition coefficient (Wildman–Crippen LogP) is 1.46. The molecule has 1 heterocycles. The fraction of sp³-hybridized carbons (Fsp3) is 0.333. The van der Waals surface area contributed by atoms with Crippen molar-refractivity contribution >= 4 is 33.3 Å². The number of aryl methyl sites for hydroxylation is 1. The first-order valence-electron chi connectivity index (χ1n) is 6.66. The number of nitrogens with one attached hydrogen (secondary N) is 1. The van der Waals surface area contributed by atoms with Crippen LogP contribution in [0.4, 0.5) is 19.1 Å². The van der Waals surface area contributed by atoms with E-state index in [0.29, 0.717) is 0 Å². The summed E-state index contributed by atoms with van der Waals surface area (Å²) in [7, 11) is -2.67. The first-order chi connectivity index (χ1) is 11.9. The van der Waals surface area contributed by atoms with Gasteiger partial charge in [-0.05, 0) is 22.6 Å². The number of aromatic nitrogens is 4. The van der Waals surface area contributed by atoms with Crippen LogP contribution in [0.15, 0.2) is 17.0 Å². The summed E-state index contributed by atoms with van der Waals surface area (Å²) in [6, 6.07) is 1.94. The third kappa shape index (κ3) is 4.60. The molecule has 1 aromatic heterocycles. The van der Waals surface area contributed by atoms with E-state index in [4.69, 9.17) is 11.6 Å². The smallest absolute Gasteiger partial charge is 0.422 e. The number of halogens is 4. The van der Waals surface area contributed by atoms with Crippen LogP contribution in [0.1, 0.15) is 10.4 Å². The Morgan fingerprint density at radius 1 is 1.38 bits per heavy atom. The second-order valence-corrected chi connectivity index (χ2v) is 7.34. The molecule has 0 aliphatic heterocycles. The molecule has 0 unspecified atom stereocenters. The van der Waals surface area contributed by atoms with Gasteiger partial charge in [0.2, 0.25) is 5.95 Å². The lowest BCUT2D eigenvalue weighted by Gasteiger charge is -2.15. The Kier molecular flexibility index (Phi) is 5.41. The topological polar surface area (TPSA) is 116 Å². The summed E-state index contributed by atoms with van der Waals surface area (Å²) in [5.41, 5.74) is -0.311. The summed E-state index contributed by atoms with van der Waals surface area (Å²) in [5, 5.41) is 12.0. The highest BCUT2D eigenvalue weighted by Gasteiger charge is 2.31. The van der Waals surface area contributed by atoms with Crippen LogP contribution < -0.4 is 10.1 Å². The Labute approximate surface area is 150 Å². The van der Waals surface area contributed by atoms with Crippen LogP contribution >= 0.6 is 11.6 Å². The van der Waals surface area contributed by atoms with Crippen LogP contribution in [0.5, 0.6) is 5.75 Å². The molecule has 1 amide bonds. The number of ether oxygens (including phenoxy) is 1. The highest BCUT2D eigenvalue weighted by atomic mass is 35.5. The molecule has 0 aliphatic rings. The Bertz CT molecular complexity index is 945. The average Bonchev–Trinajstić information content (AvgIpc) is 2.88. The Balaban J connectivity index is 2.43. The molecule has 0 saturated heterocycles. The van der Waals surface area contributed by atoms with Crippen LogP contribution in [0, 0.1) is 0 Å². The number of tetrazole rings is 1. The van der Waals surface area contributed by atoms with Gasteiger partial charge in [-0.25, -0.2) is 13.1 Å². The third-order valence-corrected chi connectivity index (χ3v) is 4.56. The van der Waals surface area contributed by atoms with Gasteiger partial charge in [0.05, 0.1) is 10.6 Å². The van der Waals surface area contributed by atoms with E-state index in [-0.39, 0.29) is 11.5 Å². The largest absolute Gasteiger partial charge is 0.483 e. The third-order valence-electron chi connectivity index (χ3n) is 2.91. The molecule has 0 fully saturated rings. The zero-order chi connectivity index (χ0) is 19.7. The monoisotopic (exact) mass is 413 g/mol. The second-order valence-electron chi connectivity index (χ2n) is 5.01. The molecule has 14 heteroatoms. The van der Waals surface area contributed by atoms with Gasteiger partial charge < -0.3 is 4.74 Å². The molecule has 1 N–H and O–H groups in total. The van der Waals surface area contributed by atoms with Gasteiger partial charge in [0, 0.05) is 13.3 Å². The van der Waals surface area contributed by atoms with Crippen molar-refractivity contribution in [1.29, 1.82) is 0 Å². The highest BCUT2D eigenvalue weighted by molar-refractivity contribution is 7.91. The summed E-state index contributed by atoms with van der Waals surface area (Å²) in [4.78, 5) is 11.5. The molecule has 26 heavy (non-hydrogen) atoms. The van der Waals surface area contributed by atoms with Gasteiger partial charge in [-0.3, -0.25) is 10.1 Å². The van der Waals surface area contributed by atoms with Crippen molar-refractivity contribution in [3.8, 4) is 5.75 Å². The number of hydrogen-bond acceptors (Lipinski definition) is 7. The Morgan fingerprint density at radius 3 is 2.54 bits per heavy atom. The summed E-state index contributed by atoms with van der Waals surface area (Å²) in [6.45, 7) is -1.72. The van der Waals surface area contributed by atoms with E-state index >= 15 is 0 Å². The molecule has 0 aliphatic carbocycles. The Hall–Kier alpha value is -2.41. The highest BCUT2D eigenvalue weighted by Crippen LogP contribution is 2.35. The minimum absolute atomic E-state index is 0.0515. The quantitative estimate of drug-likeness (QED) is 0.788. The number of anilines is 1. The number of sulfone groups is 1. The van der Waals surface area contributed by atoms with E-state index in [1.54, 1.807) is 0 Å². The summed E-state index contributed by atoms with van der Waals surface area (Å²) >= 11 is 5.96. The molecule has 0 spiro atoms. The molecule has 0 bridgehead atoms. The van der Waals surface area contributed by atoms with Crippen molar-refractivity contribution in [2.45, 2.75) is 11.1 Å². The maximum absolute atomic E-state index is 12.3. The van der Waals surface area contributed by atoms with Gasteiger partial charge in [0.1, 0.15) is 10.6 Å². The standard InChI is InChI=1S/C12H11ClF3N5O4S/c1-21-11(18-19-20-21)17-10(22)6-3-4-7(25-5-12(14,15)16)9(8(6)13)26(2,23)24/h3-4H,5H2,1-2H3,(H,17,18,20,22). The van der Waals surface area contributed by atoms with E-state index in [1.807, 2.05) is 0 Å². The van der Waals surface area contributed by atoms with Crippen LogP contribution in [0.3, 0.4) is 0 Å². The van der Waals surface area contributed by atoms with Crippen molar-refractivity contribution in [1.82, 2.24) is 20.2 Å². The molecule has 0 saturated carbocycles. The summed E-state index contributed by atoms with van der Waals surface area (Å²) in [6.07, 6.45) is -3.96. The zero-order valence-corrected chi connectivity index (χ0v) is 14.8. The number of carbonyl (C=O) groups excluding carboxylic acids is 1. The predicted molar refractivity (Wildman–Crippen MR) is 82.9 cm³/mol. The van der Waals surface area contributed by atoms with Crippen molar-refractivity contribution < 1.29 is 31.1 Å². The van der Waals surface area contributed by atoms with E-state index in [1.165, 1.54) is 7.05 Å². The van der Waals surface area contributed by atoms with Crippen molar-refractivity contribution in [3.63, 3.8) is 0 Å². The van der Waals surface area contributed by atoms with E-state index < -0.39 is 44.2 Å². The van der Waals surface area contributed by atoms with Crippen LogP contribution in [-0.2, 0) is 16.9 Å². The fourth-order valence-corrected chi connectivity index (χ4v) is 3.43. The van der Waals surface area contributed by atoms with Crippen molar-refractivity contribution in [2.75, 3.05) is 18.2 Å². The molecule has 0 radical (unpaired) electrons. The maximum Gasteiger partial charge on any atom is 0.422 e. The van der Waals surface area contributed by atoms with Gasteiger partial charge in [0.25, 0.3) is 5.91 Å². The summed E-state index contributed by atoms with van der Waals surface area (Å²) < 4.78 is 66.5. The zero-order valence-electron chi connectivity index (χ0n) is 13.2. The van der Waals surface area contributed by atoms with Gasteiger partial charge in [0.15, 0.2) is 16.4 Å². The maximum atomic E-state index is 12.3. The van der Waals surface area contributed by atoms with Gasteiger partial charge >= 0.3 is 6.18 Å². The first kappa shape index (κ1) is 19.9. The average molecular weight is 414 g/mol. The second kappa shape index (κ2) is 7.07. The van der Waals surface area contributed by atoms with Crippen LogP contribution in [0.2, 0.25) is 5.02 Å². The number of alkyl halides is 3. The first-order valence-corrected chi connectivity index (χ1v) is 8.93. The SMILES string of the molecule is Cn1nnnc1NC(=O)c1ccc(OCC(F)(F)F)c(S(C)(=O)=O)c1Cl. The number of benzene rings is 1. The minimum atomic E-state index is -4.69. The number of amides is 1. The Morgan fingerprint density at radius 2 is 2.04 bits per heavy atom. The van der Waals surface area contributed by atoms with Gasteiger partial charge in [-0.1, -0.05) is 16.7 Å². The lowest BCUT2D eigenvalue weighted by molar-refractivity contribution is -0.153. The molecule has 0 atom stereocenters. The summed E-state index contributed by atoms with van der Waals surface area (Å²) in [5.74, 6) is -1.53. The van der Waals surface area contributed by atoms with Crippen LogP contribution in [0.25, 0.3) is 0 Å². The molecule has 2 rings (SSSR count). The normalized spacial score (nSPS) is 12.1. The number of carbonyl (C=O) groups is 1. The fourth-order valence-electron chi connectivity index (χ4n) is 1.84. The lowest BCUT2D eigenvalue weighted by atomic mass is 10.2. The molecule has 2 aromatic rings. The number of rotatable bonds is 5. The molecular weight excluding hydrogens is 403 g/mol. The van der Waals surface area contributed by atoms with Crippen molar-refractivity contribution in [2.24, 2.45) is 7.05 Å². The van der Waals surface area contributed by atoms with E-state index in [9.17, 15) is 26.4 Å². The minimum Gasteiger partial charge on any atom is -0.483 e. The van der Waals surface area contributed by atoms with Crippen molar-refractivity contribution in [3.05, 3.63) is 22.7 Å². The number of hydrogen-bond donors (Lipinski definition) is 1. The number of nitrogens with zero attached hydrogens (tertiary/aromatic N) is 4. The van der Waals surface area contributed by atoms with E-state index in [2.05, 4.69) is 25.6 Å². The lowest BCUT2D eigenvalue weighted by Crippen LogP contribution is -2.21. The molecule has 142 valence electrons. The van der Waals surface area contributed by atoms with E-state index in [0.717, 1.165) is 23.1 Å². The van der Waals surface area contributed by atoms with Crippen LogP contribution in [-0.4, -0.2) is 53.6 Å². The molecular formula is C12H11ClF3N5O4S. The molecule has 1 aromatic carbocycles. The van der Waals surface area contributed by atoms with Gasteiger partial charge in [-0.15, -0.1) is 0 Å².